The number of nitrogens with one attached hydrogen (secondary N) is 1. The molecule has 0 aliphatic rings. The molecule has 1 N–H and O–H groups in total. The molecule has 16 heavy (non-hydrogen) atoms. The lowest BCUT2D eigenvalue weighted by molar-refractivity contribution is -0.142. The number of rotatable bonds is 7. The second-order valence-corrected chi connectivity index (χ2v) is 3.40. The van der Waals surface area contributed by atoms with Crippen molar-refractivity contribution in [1.82, 2.24) is 14.9 Å². The highest BCUT2D eigenvalue weighted by atomic mass is 16.5. The van der Waals surface area contributed by atoms with Crippen LogP contribution in [0.15, 0.2) is 12.5 Å². The van der Waals surface area contributed by atoms with Crippen molar-refractivity contribution in [1.29, 1.82) is 0 Å². The SMILES string of the molecule is CCOC(=O)CCNCc1cncn1CC. The third-order valence-corrected chi connectivity index (χ3v) is 2.26. The Morgan fingerprint density at radius 1 is 1.56 bits per heavy atom. The molecule has 0 radical (unpaired) electrons. The first-order valence-corrected chi connectivity index (χ1v) is 5.63. The number of carbonyl (C=O) groups is 1. The lowest BCUT2D eigenvalue weighted by Gasteiger charge is -2.06. The monoisotopic (exact) mass is 225 g/mol. The lowest BCUT2D eigenvalue weighted by Crippen LogP contribution is -2.20. The summed E-state index contributed by atoms with van der Waals surface area (Å²) >= 11 is 0. The van der Waals surface area contributed by atoms with E-state index in [4.69, 9.17) is 4.74 Å². The van der Waals surface area contributed by atoms with Gasteiger partial charge in [-0.3, -0.25) is 4.79 Å². The number of imidazole rings is 1. The fourth-order valence-corrected chi connectivity index (χ4v) is 1.42. The van der Waals surface area contributed by atoms with Gasteiger partial charge >= 0.3 is 5.97 Å². The molecule has 0 bridgehead atoms. The van der Waals surface area contributed by atoms with Crippen LogP contribution in [0.3, 0.4) is 0 Å². The largest absolute Gasteiger partial charge is 0.466 e. The molecule has 1 aromatic heterocycles. The minimum absolute atomic E-state index is 0.154. The predicted octanol–water partition coefficient (Wildman–Crippen LogP) is 0.946. The zero-order valence-electron chi connectivity index (χ0n) is 9.90. The van der Waals surface area contributed by atoms with Crippen molar-refractivity contribution >= 4 is 5.97 Å². The van der Waals surface area contributed by atoms with Crippen LogP contribution in [0, 0.1) is 0 Å². The first kappa shape index (κ1) is 12.7. The van der Waals surface area contributed by atoms with Crippen LogP contribution in [0.5, 0.6) is 0 Å². The Kier molecular flexibility index (Phi) is 5.56. The first-order valence-electron chi connectivity index (χ1n) is 5.63. The van der Waals surface area contributed by atoms with Gasteiger partial charge in [-0.2, -0.15) is 0 Å². The molecule has 0 unspecified atom stereocenters. The van der Waals surface area contributed by atoms with E-state index < -0.39 is 0 Å². The van der Waals surface area contributed by atoms with Crippen LogP contribution < -0.4 is 5.32 Å². The van der Waals surface area contributed by atoms with Crippen LogP contribution in [0.2, 0.25) is 0 Å². The molecule has 1 heterocycles. The van der Waals surface area contributed by atoms with Gasteiger partial charge in [0.1, 0.15) is 0 Å². The summed E-state index contributed by atoms with van der Waals surface area (Å²) in [6.45, 7) is 6.60. The molecule has 0 atom stereocenters. The van der Waals surface area contributed by atoms with Crippen molar-refractivity contribution in [3.8, 4) is 0 Å². The molecule has 1 aromatic rings. The molecule has 90 valence electrons. The van der Waals surface area contributed by atoms with Crippen LogP contribution in [0.25, 0.3) is 0 Å². The van der Waals surface area contributed by atoms with E-state index in [0.29, 0.717) is 19.6 Å². The lowest BCUT2D eigenvalue weighted by atomic mass is 10.4. The Bertz CT molecular complexity index is 323. The van der Waals surface area contributed by atoms with Crippen molar-refractivity contribution in [3.63, 3.8) is 0 Å². The molecular formula is C11H19N3O2. The highest BCUT2D eigenvalue weighted by Gasteiger charge is 2.02. The maximum absolute atomic E-state index is 11.0. The summed E-state index contributed by atoms with van der Waals surface area (Å²) in [5.41, 5.74) is 1.13. The smallest absolute Gasteiger partial charge is 0.307 e. The molecule has 0 fully saturated rings. The summed E-state index contributed by atoms with van der Waals surface area (Å²) in [4.78, 5) is 15.1. The van der Waals surface area contributed by atoms with E-state index in [0.717, 1.165) is 18.8 Å². The standard InChI is InChI=1S/C11H19N3O2/c1-3-14-9-13-8-10(14)7-12-6-5-11(15)16-4-2/h8-9,12H,3-7H2,1-2H3. The van der Waals surface area contributed by atoms with Gasteiger partial charge in [-0.05, 0) is 13.8 Å². The molecule has 0 saturated carbocycles. The van der Waals surface area contributed by atoms with Gasteiger partial charge in [0.2, 0.25) is 0 Å². The number of nitrogens with zero attached hydrogens (tertiary/aromatic N) is 2. The number of hydrogen-bond acceptors (Lipinski definition) is 4. The van der Waals surface area contributed by atoms with Crippen molar-refractivity contribution in [2.45, 2.75) is 33.4 Å². The van der Waals surface area contributed by atoms with Crippen LogP contribution >= 0.6 is 0 Å². The summed E-state index contributed by atoms with van der Waals surface area (Å²) in [5, 5.41) is 3.19. The summed E-state index contributed by atoms with van der Waals surface area (Å²) in [7, 11) is 0. The van der Waals surface area contributed by atoms with E-state index in [1.807, 2.05) is 19.4 Å². The third-order valence-electron chi connectivity index (χ3n) is 2.26. The van der Waals surface area contributed by atoms with Crippen molar-refractivity contribution < 1.29 is 9.53 Å². The van der Waals surface area contributed by atoms with Gasteiger partial charge in [0.05, 0.1) is 25.0 Å². The summed E-state index contributed by atoms with van der Waals surface area (Å²) in [6, 6.07) is 0. The van der Waals surface area contributed by atoms with Gasteiger partial charge < -0.3 is 14.6 Å². The highest BCUT2D eigenvalue weighted by Crippen LogP contribution is 1.98. The number of carbonyl (C=O) groups excluding carboxylic acids is 1. The van der Waals surface area contributed by atoms with Gasteiger partial charge in [-0.25, -0.2) is 4.98 Å². The Morgan fingerprint density at radius 3 is 3.06 bits per heavy atom. The van der Waals surface area contributed by atoms with Crippen LogP contribution in [0.4, 0.5) is 0 Å². The van der Waals surface area contributed by atoms with Crippen molar-refractivity contribution in [2.75, 3.05) is 13.2 Å². The number of esters is 1. The first-order chi connectivity index (χ1) is 7.77. The second-order valence-electron chi connectivity index (χ2n) is 3.40. The van der Waals surface area contributed by atoms with E-state index in [-0.39, 0.29) is 5.97 Å². The van der Waals surface area contributed by atoms with Gasteiger partial charge in [0.25, 0.3) is 0 Å². The quantitative estimate of drug-likeness (QED) is 0.554. The Balaban J connectivity index is 2.18. The summed E-state index contributed by atoms with van der Waals surface area (Å²) in [6.07, 6.45) is 4.05. The van der Waals surface area contributed by atoms with Crippen molar-refractivity contribution in [3.05, 3.63) is 18.2 Å². The van der Waals surface area contributed by atoms with Gasteiger partial charge in [0, 0.05) is 25.8 Å². The molecule has 0 saturated heterocycles. The molecule has 1 rings (SSSR count). The van der Waals surface area contributed by atoms with E-state index in [1.54, 1.807) is 0 Å². The molecule has 0 aromatic carbocycles. The Morgan fingerprint density at radius 2 is 2.38 bits per heavy atom. The molecule has 0 spiro atoms. The third kappa shape index (κ3) is 4.02. The van der Waals surface area contributed by atoms with E-state index in [9.17, 15) is 4.79 Å². The van der Waals surface area contributed by atoms with E-state index in [2.05, 4.69) is 21.8 Å². The van der Waals surface area contributed by atoms with Crippen LogP contribution in [0.1, 0.15) is 26.0 Å². The van der Waals surface area contributed by atoms with E-state index >= 15 is 0 Å². The Hall–Kier alpha value is -1.36. The second kappa shape index (κ2) is 7.00. The number of hydrogen-bond donors (Lipinski definition) is 1. The van der Waals surface area contributed by atoms with Gasteiger partial charge in [-0.15, -0.1) is 0 Å². The summed E-state index contributed by atoms with van der Waals surface area (Å²) < 4.78 is 6.89. The number of ether oxygens (including phenoxy) is 1. The normalized spacial score (nSPS) is 10.4. The minimum atomic E-state index is -0.154. The molecule has 0 aliphatic carbocycles. The summed E-state index contributed by atoms with van der Waals surface area (Å²) in [5.74, 6) is -0.154. The molecule has 5 heteroatoms. The maximum Gasteiger partial charge on any atom is 0.307 e. The van der Waals surface area contributed by atoms with E-state index in [1.165, 1.54) is 0 Å². The number of aromatic nitrogens is 2. The molecule has 0 aliphatic heterocycles. The zero-order chi connectivity index (χ0) is 11.8. The maximum atomic E-state index is 11.0. The zero-order valence-corrected chi connectivity index (χ0v) is 9.90. The fraction of sp³-hybridized carbons (Fsp3) is 0.636. The van der Waals surface area contributed by atoms with Gasteiger partial charge in [-0.1, -0.05) is 0 Å². The molecule has 0 amide bonds. The average Bonchev–Trinajstić information content (AvgIpc) is 2.72. The fourth-order valence-electron chi connectivity index (χ4n) is 1.42. The average molecular weight is 225 g/mol. The minimum Gasteiger partial charge on any atom is -0.466 e. The Labute approximate surface area is 95.8 Å². The topological polar surface area (TPSA) is 56.1 Å². The van der Waals surface area contributed by atoms with Crippen molar-refractivity contribution in [2.24, 2.45) is 0 Å². The van der Waals surface area contributed by atoms with Crippen LogP contribution in [-0.4, -0.2) is 28.7 Å². The van der Waals surface area contributed by atoms with Crippen LogP contribution in [-0.2, 0) is 22.6 Å². The highest BCUT2D eigenvalue weighted by molar-refractivity contribution is 5.69. The predicted molar refractivity (Wildman–Crippen MR) is 60.9 cm³/mol. The van der Waals surface area contributed by atoms with Gasteiger partial charge in [0.15, 0.2) is 0 Å². The molecular weight excluding hydrogens is 206 g/mol. The molecule has 5 nitrogen and oxygen atoms in total. The number of aryl methyl sites for hydroxylation is 1.